The number of nitrogens with one attached hydrogen (secondary N) is 3. The van der Waals surface area contributed by atoms with Gasteiger partial charge in [-0.3, -0.25) is 9.59 Å². The molecule has 3 fully saturated rings. The molecule has 33 heavy (non-hydrogen) atoms. The summed E-state index contributed by atoms with van der Waals surface area (Å²) in [5.74, 6) is -0.528. The van der Waals surface area contributed by atoms with Gasteiger partial charge in [-0.1, -0.05) is 42.5 Å². The molecule has 2 aromatic carbocycles. The first-order valence-corrected chi connectivity index (χ1v) is 11.6. The molecule has 1 spiro atoms. The van der Waals surface area contributed by atoms with Crippen LogP contribution in [0.2, 0.25) is 0 Å². The van der Waals surface area contributed by atoms with Crippen molar-refractivity contribution < 1.29 is 19.1 Å². The van der Waals surface area contributed by atoms with Crippen molar-refractivity contribution in [3.8, 4) is 0 Å². The van der Waals surface area contributed by atoms with Gasteiger partial charge >= 0.3 is 5.97 Å². The second-order valence-corrected chi connectivity index (χ2v) is 9.45. The van der Waals surface area contributed by atoms with E-state index < -0.39 is 17.7 Å². The normalized spacial score (nSPS) is 28.3. The lowest BCUT2D eigenvalue weighted by atomic mass is 9.58. The fraction of sp³-hybridized carbons (Fsp3) is 0.423. The summed E-state index contributed by atoms with van der Waals surface area (Å²) in [5.41, 5.74) is 1.95. The van der Waals surface area contributed by atoms with Crippen LogP contribution in [0.15, 0.2) is 54.6 Å². The molecule has 5 atom stereocenters. The van der Waals surface area contributed by atoms with Crippen molar-refractivity contribution in [2.45, 2.75) is 43.8 Å². The predicted octanol–water partition coefficient (Wildman–Crippen LogP) is 2.87. The highest BCUT2D eigenvalue weighted by Crippen LogP contribution is 2.51. The molecule has 6 rings (SSSR count). The van der Waals surface area contributed by atoms with Gasteiger partial charge in [0.25, 0.3) is 5.91 Å². The quantitative estimate of drug-likeness (QED) is 0.613. The molecule has 2 amide bonds. The van der Waals surface area contributed by atoms with Gasteiger partial charge in [0.2, 0.25) is 5.91 Å². The van der Waals surface area contributed by atoms with E-state index in [2.05, 4.69) is 16.0 Å². The summed E-state index contributed by atoms with van der Waals surface area (Å²) in [5, 5.41) is 9.79. The van der Waals surface area contributed by atoms with Crippen molar-refractivity contribution in [3.05, 3.63) is 65.7 Å². The van der Waals surface area contributed by atoms with Crippen molar-refractivity contribution in [2.75, 3.05) is 12.4 Å². The van der Waals surface area contributed by atoms with E-state index in [4.69, 9.17) is 4.74 Å². The molecular weight excluding hydrogens is 418 g/mol. The second-order valence-electron chi connectivity index (χ2n) is 9.45. The summed E-state index contributed by atoms with van der Waals surface area (Å²) in [6, 6.07) is 16.4. The second kappa shape index (κ2) is 8.54. The first-order valence-electron chi connectivity index (χ1n) is 11.6. The molecule has 2 bridgehead atoms. The lowest BCUT2D eigenvalue weighted by Gasteiger charge is -2.56. The Morgan fingerprint density at radius 1 is 1.09 bits per heavy atom. The SMILES string of the molecule is COC(=O)[C@@H](Cc1ccccc1)NC(=O)[C@@H]1C[C@H]2CC[C@H]1C[C@@]21NC(=O)c2ccccc2N1. The third kappa shape index (κ3) is 3.96. The Bertz CT molecular complexity index is 1070. The molecule has 0 aromatic heterocycles. The molecule has 4 aliphatic rings. The molecule has 3 saturated carbocycles. The molecule has 0 radical (unpaired) electrons. The van der Waals surface area contributed by atoms with Crippen LogP contribution in [0.5, 0.6) is 0 Å². The highest BCUT2D eigenvalue weighted by molar-refractivity contribution is 6.02. The number of hydrogen-bond acceptors (Lipinski definition) is 5. The topological polar surface area (TPSA) is 96.5 Å². The zero-order valence-electron chi connectivity index (χ0n) is 18.7. The van der Waals surface area contributed by atoms with Gasteiger partial charge in [0.05, 0.1) is 12.7 Å². The Hall–Kier alpha value is -3.35. The zero-order valence-corrected chi connectivity index (χ0v) is 18.7. The largest absolute Gasteiger partial charge is 0.467 e. The van der Waals surface area contributed by atoms with Crippen LogP contribution in [0.3, 0.4) is 0 Å². The first-order chi connectivity index (χ1) is 16.0. The average molecular weight is 448 g/mol. The number of esters is 1. The predicted molar refractivity (Wildman–Crippen MR) is 123 cm³/mol. The zero-order chi connectivity index (χ0) is 23.0. The number of fused-ring (bicyclic) bond motifs is 3. The van der Waals surface area contributed by atoms with E-state index in [1.54, 1.807) is 0 Å². The molecule has 3 N–H and O–H groups in total. The minimum absolute atomic E-state index is 0.0634. The Morgan fingerprint density at radius 2 is 1.85 bits per heavy atom. The number of amides is 2. The standard InChI is InChI=1S/C26H29N3O4/c1-33-25(32)22(13-16-7-3-2-4-8-16)27-23(30)20-14-18-12-11-17(20)15-26(18)28-21-10-6-5-9-19(21)24(31)29-26/h2-10,17-18,20,22,28H,11-15H2,1H3,(H,27,30)(H,29,31)/t17-,18+,20+,22+,26+/m0/s1. The number of carbonyl (C=O) groups excluding carboxylic acids is 3. The third-order valence-electron chi connectivity index (χ3n) is 7.56. The molecule has 3 aliphatic carbocycles. The van der Waals surface area contributed by atoms with Crippen LogP contribution in [0.4, 0.5) is 5.69 Å². The summed E-state index contributed by atoms with van der Waals surface area (Å²) in [6.07, 6.45) is 3.64. The van der Waals surface area contributed by atoms with Crippen LogP contribution >= 0.6 is 0 Å². The maximum atomic E-state index is 13.3. The number of hydrogen-bond donors (Lipinski definition) is 3. The average Bonchev–Trinajstić information content (AvgIpc) is 2.84. The lowest BCUT2D eigenvalue weighted by molar-refractivity contribution is -0.147. The van der Waals surface area contributed by atoms with E-state index in [1.807, 2.05) is 54.6 Å². The molecule has 172 valence electrons. The van der Waals surface area contributed by atoms with Crippen LogP contribution in [0, 0.1) is 17.8 Å². The molecular formula is C26H29N3O4. The van der Waals surface area contributed by atoms with Crippen LogP contribution in [0.1, 0.15) is 41.6 Å². The Labute approximate surface area is 193 Å². The van der Waals surface area contributed by atoms with Gasteiger partial charge in [-0.2, -0.15) is 0 Å². The third-order valence-corrected chi connectivity index (χ3v) is 7.56. The number of rotatable bonds is 5. The van der Waals surface area contributed by atoms with Crippen LogP contribution in [-0.2, 0) is 20.7 Å². The highest BCUT2D eigenvalue weighted by Gasteiger charge is 2.55. The maximum absolute atomic E-state index is 13.3. The molecule has 0 unspecified atom stereocenters. The van der Waals surface area contributed by atoms with Crippen LogP contribution in [-0.4, -0.2) is 36.6 Å². The molecule has 7 heteroatoms. The molecule has 0 saturated heterocycles. The summed E-state index contributed by atoms with van der Waals surface area (Å²) in [6.45, 7) is 0. The van der Waals surface area contributed by atoms with Crippen molar-refractivity contribution in [1.29, 1.82) is 0 Å². The smallest absolute Gasteiger partial charge is 0.328 e. The summed E-state index contributed by atoms with van der Waals surface area (Å²) in [4.78, 5) is 38.5. The maximum Gasteiger partial charge on any atom is 0.328 e. The summed E-state index contributed by atoms with van der Waals surface area (Å²) < 4.78 is 4.96. The number of anilines is 1. The van der Waals surface area contributed by atoms with E-state index in [0.29, 0.717) is 24.8 Å². The first kappa shape index (κ1) is 21.5. The summed E-state index contributed by atoms with van der Waals surface area (Å²) >= 11 is 0. The van der Waals surface area contributed by atoms with E-state index in [-0.39, 0.29) is 29.6 Å². The van der Waals surface area contributed by atoms with Crippen molar-refractivity contribution >= 4 is 23.5 Å². The Kier molecular flexibility index (Phi) is 5.56. The monoisotopic (exact) mass is 447 g/mol. The van der Waals surface area contributed by atoms with E-state index in [1.165, 1.54) is 7.11 Å². The van der Waals surface area contributed by atoms with Gasteiger partial charge in [0.15, 0.2) is 0 Å². The molecule has 7 nitrogen and oxygen atoms in total. The number of methoxy groups -OCH3 is 1. The lowest BCUT2D eigenvalue weighted by Crippen LogP contribution is -2.68. The molecule has 1 heterocycles. The van der Waals surface area contributed by atoms with Crippen LogP contribution < -0.4 is 16.0 Å². The number of ether oxygens (including phenoxy) is 1. The fourth-order valence-corrected chi connectivity index (χ4v) is 5.93. The van der Waals surface area contributed by atoms with Gasteiger partial charge < -0.3 is 20.7 Å². The van der Waals surface area contributed by atoms with Gasteiger partial charge in [-0.25, -0.2) is 4.79 Å². The van der Waals surface area contributed by atoms with Crippen molar-refractivity contribution in [1.82, 2.24) is 10.6 Å². The van der Waals surface area contributed by atoms with E-state index in [0.717, 1.165) is 24.1 Å². The highest BCUT2D eigenvalue weighted by atomic mass is 16.5. The van der Waals surface area contributed by atoms with Gasteiger partial charge in [0.1, 0.15) is 11.7 Å². The Morgan fingerprint density at radius 3 is 2.58 bits per heavy atom. The van der Waals surface area contributed by atoms with Crippen molar-refractivity contribution in [2.24, 2.45) is 17.8 Å². The minimum Gasteiger partial charge on any atom is -0.467 e. The number of para-hydroxylation sites is 1. The number of carbonyl (C=O) groups is 3. The number of benzene rings is 2. The Balaban J connectivity index is 1.30. The molecule has 2 aromatic rings. The fourth-order valence-electron chi connectivity index (χ4n) is 5.93. The van der Waals surface area contributed by atoms with Crippen molar-refractivity contribution in [3.63, 3.8) is 0 Å². The molecule has 1 aliphatic heterocycles. The summed E-state index contributed by atoms with van der Waals surface area (Å²) in [7, 11) is 1.34. The van der Waals surface area contributed by atoms with E-state index >= 15 is 0 Å². The minimum atomic E-state index is -0.723. The van der Waals surface area contributed by atoms with Crippen LogP contribution in [0.25, 0.3) is 0 Å². The van der Waals surface area contributed by atoms with Gasteiger partial charge in [-0.05, 0) is 49.3 Å². The van der Waals surface area contributed by atoms with Gasteiger partial charge in [0, 0.05) is 23.9 Å². The van der Waals surface area contributed by atoms with E-state index in [9.17, 15) is 14.4 Å². The van der Waals surface area contributed by atoms with Gasteiger partial charge in [-0.15, -0.1) is 0 Å².